The Balaban J connectivity index is 2.50. The Labute approximate surface area is 101 Å². The van der Waals surface area contributed by atoms with Crippen LogP contribution < -0.4 is 0 Å². The summed E-state index contributed by atoms with van der Waals surface area (Å²) in [7, 11) is -2.91. The van der Waals surface area contributed by atoms with Gasteiger partial charge in [-0.1, -0.05) is 6.92 Å². The van der Waals surface area contributed by atoms with Gasteiger partial charge in [0.05, 0.1) is 6.10 Å². The van der Waals surface area contributed by atoms with Crippen molar-refractivity contribution in [2.24, 2.45) is 0 Å². The summed E-state index contributed by atoms with van der Waals surface area (Å²) in [6, 6.07) is 2.01. The normalized spacial score (nSPS) is 13.9. The minimum atomic E-state index is -2.91. The van der Waals surface area contributed by atoms with Gasteiger partial charge in [-0.05, 0) is 36.3 Å². The number of thiophene rings is 1. The number of aryl methyl sites for hydroxylation is 1. The molecule has 5 heteroatoms. The lowest BCUT2D eigenvalue weighted by Crippen LogP contribution is -2.05. The minimum Gasteiger partial charge on any atom is -0.388 e. The summed E-state index contributed by atoms with van der Waals surface area (Å²) in [5.74, 6) is 0.150. The Morgan fingerprint density at radius 1 is 1.50 bits per heavy atom. The Hall–Kier alpha value is -0.390. The Kier molecular flexibility index (Phi) is 4.95. The zero-order valence-electron chi connectivity index (χ0n) is 9.64. The molecule has 1 heterocycles. The van der Waals surface area contributed by atoms with E-state index in [1.54, 1.807) is 11.3 Å². The van der Waals surface area contributed by atoms with E-state index in [4.69, 9.17) is 0 Å². The van der Waals surface area contributed by atoms with Gasteiger partial charge >= 0.3 is 0 Å². The summed E-state index contributed by atoms with van der Waals surface area (Å²) >= 11 is 1.54. The largest absolute Gasteiger partial charge is 0.388 e. The fraction of sp³-hybridized carbons (Fsp3) is 0.636. The molecule has 1 N–H and O–H groups in total. The molecule has 0 aromatic carbocycles. The third kappa shape index (κ3) is 4.23. The molecular weight excluding hydrogens is 244 g/mol. The fourth-order valence-electron chi connectivity index (χ4n) is 1.60. The predicted octanol–water partition coefficient (Wildman–Crippen LogP) is 2.17. The second-order valence-corrected chi connectivity index (χ2v) is 7.16. The van der Waals surface area contributed by atoms with Crippen molar-refractivity contribution in [3.05, 3.63) is 21.9 Å². The summed E-state index contributed by atoms with van der Waals surface area (Å²) in [5.41, 5.74) is 1.16. The van der Waals surface area contributed by atoms with E-state index in [9.17, 15) is 13.5 Å². The number of aliphatic hydroxyl groups is 1. The Morgan fingerprint density at radius 3 is 2.75 bits per heavy atom. The molecule has 0 aliphatic carbocycles. The van der Waals surface area contributed by atoms with E-state index in [1.807, 2.05) is 11.4 Å². The third-order valence-electron chi connectivity index (χ3n) is 2.46. The highest BCUT2D eigenvalue weighted by Crippen LogP contribution is 2.28. The molecule has 1 aromatic rings. The zero-order chi connectivity index (χ0) is 12.2. The van der Waals surface area contributed by atoms with Crippen molar-refractivity contribution in [3.8, 4) is 0 Å². The first-order valence-corrected chi connectivity index (χ1v) is 8.30. The SMILES string of the molecule is CCc1ccsc1C(O)CCCS(C)(=O)=O. The monoisotopic (exact) mass is 262 g/mol. The van der Waals surface area contributed by atoms with E-state index in [0.717, 1.165) is 16.9 Å². The zero-order valence-corrected chi connectivity index (χ0v) is 11.3. The molecule has 16 heavy (non-hydrogen) atoms. The van der Waals surface area contributed by atoms with Crippen molar-refractivity contribution < 1.29 is 13.5 Å². The number of aliphatic hydroxyl groups excluding tert-OH is 1. The van der Waals surface area contributed by atoms with Crippen molar-refractivity contribution in [2.75, 3.05) is 12.0 Å². The first kappa shape index (κ1) is 13.7. The maximum atomic E-state index is 10.9. The van der Waals surface area contributed by atoms with Crippen LogP contribution in [0.2, 0.25) is 0 Å². The summed E-state index contributed by atoms with van der Waals surface area (Å²) in [4.78, 5) is 0.982. The van der Waals surface area contributed by atoms with Gasteiger partial charge in [0.2, 0.25) is 0 Å². The molecule has 0 saturated heterocycles. The van der Waals surface area contributed by atoms with Crippen LogP contribution in [-0.4, -0.2) is 25.5 Å². The van der Waals surface area contributed by atoms with Gasteiger partial charge < -0.3 is 5.11 Å². The van der Waals surface area contributed by atoms with Crippen LogP contribution in [0.3, 0.4) is 0 Å². The van der Waals surface area contributed by atoms with Crippen LogP contribution in [0, 0.1) is 0 Å². The van der Waals surface area contributed by atoms with Crippen LogP contribution in [0.25, 0.3) is 0 Å². The molecule has 92 valence electrons. The number of hydrogen-bond acceptors (Lipinski definition) is 4. The number of sulfone groups is 1. The molecule has 0 amide bonds. The highest BCUT2D eigenvalue weighted by atomic mass is 32.2. The fourth-order valence-corrected chi connectivity index (χ4v) is 3.31. The van der Waals surface area contributed by atoms with Crippen LogP contribution in [0.15, 0.2) is 11.4 Å². The van der Waals surface area contributed by atoms with Gasteiger partial charge in [-0.25, -0.2) is 8.42 Å². The van der Waals surface area contributed by atoms with Crippen molar-refractivity contribution >= 4 is 21.2 Å². The van der Waals surface area contributed by atoms with E-state index in [2.05, 4.69) is 6.92 Å². The van der Waals surface area contributed by atoms with Crippen LogP contribution in [-0.2, 0) is 16.3 Å². The molecule has 1 unspecified atom stereocenters. The molecule has 0 radical (unpaired) electrons. The second-order valence-electron chi connectivity index (χ2n) is 3.95. The molecule has 1 atom stereocenters. The summed E-state index contributed by atoms with van der Waals surface area (Å²) in [6.45, 7) is 2.05. The van der Waals surface area contributed by atoms with E-state index in [0.29, 0.717) is 12.8 Å². The molecule has 0 fully saturated rings. The Morgan fingerprint density at radius 2 is 2.19 bits per heavy atom. The lowest BCUT2D eigenvalue weighted by Gasteiger charge is -2.10. The van der Waals surface area contributed by atoms with Crippen molar-refractivity contribution in [1.29, 1.82) is 0 Å². The van der Waals surface area contributed by atoms with Gasteiger partial charge in [-0.15, -0.1) is 11.3 Å². The van der Waals surface area contributed by atoms with Crippen LogP contribution in [0.1, 0.15) is 36.3 Å². The third-order valence-corrected chi connectivity index (χ3v) is 4.55. The van der Waals surface area contributed by atoms with Gasteiger partial charge in [0.25, 0.3) is 0 Å². The molecule has 0 saturated carbocycles. The molecular formula is C11H18O3S2. The lowest BCUT2D eigenvalue weighted by atomic mass is 10.1. The average molecular weight is 262 g/mol. The summed E-state index contributed by atoms with van der Waals surface area (Å²) < 4.78 is 21.9. The maximum Gasteiger partial charge on any atom is 0.147 e. The first-order valence-electron chi connectivity index (χ1n) is 5.36. The first-order chi connectivity index (χ1) is 7.44. The second kappa shape index (κ2) is 5.80. The van der Waals surface area contributed by atoms with E-state index in [1.165, 1.54) is 6.26 Å². The van der Waals surface area contributed by atoms with E-state index >= 15 is 0 Å². The Bertz CT molecular complexity index is 420. The van der Waals surface area contributed by atoms with Crippen LogP contribution in [0.4, 0.5) is 0 Å². The van der Waals surface area contributed by atoms with Crippen molar-refractivity contribution in [2.45, 2.75) is 32.3 Å². The van der Waals surface area contributed by atoms with Gasteiger partial charge in [-0.2, -0.15) is 0 Å². The molecule has 0 aliphatic rings. The van der Waals surface area contributed by atoms with Gasteiger partial charge in [0, 0.05) is 16.9 Å². The van der Waals surface area contributed by atoms with E-state index in [-0.39, 0.29) is 5.75 Å². The van der Waals surface area contributed by atoms with Crippen molar-refractivity contribution in [1.82, 2.24) is 0 Å². The van der Waals surface area contributed by atoms with E-state index < -0.39 is 15.9 Å². The van der Waals surface area contributed by atoms with Crippen molar-refractivity contribution in [3.63, 3.8) is 0 Å². The lowest BCUT2D eigenvalue weighted by molar-refractivity contribution is 0.169. The smallest absolute Gasteiger partial charge is 0.147 e. The van der Waals surface area contributed by atoms with Gasteiger partial charge in [-0.3, -0.25) is 0 Å². The molecule has 1 rings (SSSR count). The number of hydrogen-bond donors (Lipinski definition) is 1. The van der Waals surface area contributed by atoms with Gasteiger partial charge in [0.15, 0.2) is 0 Å². The highest BCUT2D eigenvalue weighted by Gasteiger charge is 2.13. The number of rotatable bonds is 6. The molecule has 0 spiro atoms. The predicted molar refractivity (Wildman–Crippen MR) is 67.6 cm³/mol. The molecule has 1 aromatic heterocycles. The molecule has 0 aliphatic heterocycles. The van der Waals surface area contributed by atoms with Crippen LogP contribution in [0.5, 0.6) is 0 Å². The van der Waals surface area contributed by atoms with Crippen LogP contribution >= 0.6 is 11.3 Å². The molecule has 0 bridgehead atoms. The maximum absolute atomic E-state index is 10.9. The topological polar surface area (TPSA) is 54.4 Å². The summed E-state index contributed by atoms with van der Waals surface area (Å²) in [5, 5.41) is 11.9. The quantitative estimate of drug-likeness (QED) is 0.855. The standard InChI is InChI=1S/C11H18O3S2/c1-3-9-6-7-15-11(9)10(12)5-4-8-16(2,13)14/h6-7,10,12H,3-5,8H2,1-2H3. The minimum absolute atomic E-state index is 0.150. The summed E-state index contributed by atoms with van der Waals surface area (Å²) in [6.07, 6.45) is 2.64. The molecule has 3 nitrogen and oxygen atoms in total. The average Bonchev–Trinajstić information content (AvgIpc) is 2.63. The highest BCUT2D eigenvalue weighted by molar-refractivity contribution is 7.90. The van der Waals surface area contributed by atoms with Gasteiger partial charge in [0.1, 0.15) is 9.84 Å².